The van der Waals surface area contributed by atoms with Gasteiger partial charge >= 0.3 is 0 Å². The van der Waals surface area contributed by atoms with Crippen LogP contribution in [0.4, 0.5) is 0 Å². The van der Waals surface area contributed by atoms with Crippen molar-refractivity contribution in [1.29, 1.82) is 0 Å². The Bertz CT molecular complexity index is 386. The molecule has 0 aromatic rings. The highest BCUT2D eigenvalue weighted by Gasteiger charge is 2.62. The quantitative estimate of drug-likeness (QED) is 0.712. The summed E-state index contributed by atoms with van der Waals surface area (Å²) in [5.74, 6) is 0.0541. The van der Waals surface area contributed by atoms with Crippen molar-refractivity contribution in [2.45, 2.75) is 70.6 Å². The topological polar surface area (TPSA) is 84.6 Å². The van der Waals surface area contributed by atoms with Gasteiger partial charge in [0.15, 0.2) is 0 Å². The highest BCUT2D eigenvalue weighted by atomic mass is 16.5. The maximum atomic E-state index is 12.5. The molecule has 0 saturated heterocycles. The molecule has 0 bridgehead atoms. The number of carbonyl (C=O) groups excluding carboxylic acids is 1. The van der Waals surface area contributed by atoms with E-state index in [2.05, 4.69) is 5.32 Å². The summed E-state index contributed by atoms with van der Waals surface area (Å²) < 4.78 is 5.65. The van der Waals surface area contributed by atoms with Crippen molar-refractivity contribution in [3.05, 3.63) is 0 Å². The normalized spacial score (nSPS) is 38.6. The fraction of sp³-hybridized carbons (Fsp3) is 0.938. The molecule has 2 saturated carbocycles. The molecule has 5 heteroatoms. The van der Waals surface area contributed by atoms with Crippen LogP contribution in [0.5, 0.6) is 0 Å². The highest BCUT2D eigenvalue weighted by Crippen LogP contribution is 2.49. The van der Waals surface area contributed by atoms with Crippen LogP contribution in [0.3, 0.4) is 0 Å². The van der Waals surface area contributed by atoms with Gasteiger partial charge in [0, 0.05) is 30.9 Å². The van der Waals surface area contributed by atoms with Gasteiger partial charge in [0.05, 0.1) is 12.2 Å². The van der Waals surface area contributed by atoms with E-state index < -0.39 is 5.54 Å². The summed E-state index contributed by atoms with van der Waals surface area (Å²) in [6.45, 7) is 7.10. The SMILES string of the molecule is CCOC1CC(N)(C(=O)NCC2CCCCC2O)C1(C)C. The molecule has 122 valence electrons. The van der Waals surface area contributed by atoms with Gasteiger partial charge in [-0.3, -0.25) is 4.79 Å². The van der Waals surface area contributed by atoms with E-state index >= 15 is 0 Å². The second-order valence-electron chi connectivity index (χ2n) is 7.16. The maximum Gasteiger partial charge on any atom is 0.240 e. The number of hydrogen-bond donors (Lipinski definition) is 3. The van der Waals surface area contributed by atoms with Crippen molar-refractivity contribution in [2.75, 3.05) is 13.2 Å². The lowest BCUT2D eigenvalue weighted by Crippen LogP contribution is -2.76. The molecule has 2 aliphatic carbocycles. The Balaban J connectivity index is 1.88. The lowest BCUT2D eigenvalue weighted by atomic mass is 9.54. The molecule has 4 N–H and O–H groups in total. The number of rotatable bonds is 5. The van der Waals surface area contributed by atoms with E-state index in [0.717, 1.165) is 25.7 Å². The van der Waals surface area contributed by atoms with Crippen LogP contribution in [0.1, 0.15) is 52.9 Å². The predicted molar refractivity (Wildman–Crippen MR) is 81.7 cm³/mol. The van der Waals surface area contributed by atoms with Crippen LogP contribution >= 0.6 is 0 Å². The van der Waals surface area contributed by atoms with Crippen LogP contribution in [0.15, 0.2) is 0 Å². The summed E-state index contributed by atoms with van der Waals surface area (Å²) in [5, 5.41) is 12.9. The van der Waals surface area contributed by atoms with Gasteiger partial charge in [0.2, 0.25) is 5.91 Å². The average molecular weight is 298 g/mol. The molecule has 0 spiro atoms. The number of aliphatic hydroxyl groups excluding tert-OH is 1. The van der Waals surface area contributed by atoms with Crippen molar-refractivity contribution in [3.8, 4) is 0 Å². The van der Waals surface area contributed by atoms with Crippen LogP contribution in [0.25, 0.3) is 0 Å². The lowest BCUT2D eigenvalue weighted by molar-refractivity contribution is -0.170. The van der Waals surface area contributed by atoms with Crippen LogP contribution in [0, 0.1) is 11.3 Å². The van der Waals surface area contributed by atoms with E-state index in [1.54, 1.807) is 0 Å². The molecule has 0 radical (unpaired) electrons. The first-order valence-electron chi connectivity index (χ1n) is 8.19. The first kappa shape index (κ1) is 16.7. The van der Waals surface area contributed by atoms with Crippen LogP contribution < -0.4 is 11.1 Å². The smallest absolute Gasteiger partial charge is 0.240 e. The largest absolute Gasteiger partial charge is 0.393 e. The fourth-order valence-corrected chi connectivity index (χ4v) is 3.63. The molecule has 2 rings (SSSR count). The molecule has 4 atom stereocenters. The molecular weight excluding hydrogens is 268 g/mol. The standard InChI is InChI=1S/C16H30N2O3/c1-4-21-13-9-16(17,15(13,2)3)14(20)18-10-11-7-5-6-8-12(11)19/h11-13,19H,4-10,17H2,1-3H3,(H,18,20). The number of amides is 1. The molecule has 0 heterocycles. The first-order valence-corrected chi connectivity index (χ1v) is 8.19. The Hall–Kier alpha value is -0.650. The molecule has 0 aliphatic heterocycles. The third-order valence-electron chi connectivity index (χ3n) is 5.63. The van der Waals surface area contributed by atoms with Crippen molar-refractivity contribution in [1.82, 2.24) is 5.32 Å². The minimum Gasteiger partial charge on any atom is -0.393 e. The zero-order valence-electron chi connectivity index (χ0n) is 13.5. The highest BCUT2D eigenvalue weighted by molar-refractivity contribution is 5.88. The third-order valence-corrected chi connectivity index (χ3v) is 5.63. The molecule has 4 unspecified atom stereocenters. The van der Waals surface area contributed by atoms with E-state index in [4.69, 9.17) is 10.5 Å². The number of hydrogen-bond acceptors (Lipinski definition) is 4. The Morgan fingerprint density at radius 3 is 2.62 bits per heavy atom. The van der Waals surface area contributed by atoms with Gasteiger partial charge in [0.25, 0.3) is 0 Å². The van der Waals surface area contributed by atoms with Crippen LogP contribution in [-0.2, 0) is 9.53 Å². The minimum atomic E-state index is -0.869. The maximum absolute atomic E-state index is 12.5. The van der Waals surface area contributed by atoms with Gasteiger partial charge in [-0.1, -0.05) is 26.7 Å². The van der Waals surface area contributed by atoms with Crippen molar-refractivity contribution in [3.63, 3.8) is 0 Å². The molecule has 0 aromatic carbocycles. The molecule has 0 aromatic heterocycles. The third kappa shape index (κ3) is 2.96. The van der Waals surface area contributed by atoms with Crippen LogP contribution in [-0.4, -0.2) is 41.9 Å². The second kappa shape index (κ2) is 6.23. The lowest BCUT2D eigenvalue weighted by Gasteiger charge is -2.57. The summed E-state index contributed by atoms with van der Waals surface area (Å²) in [5.41, 5.74) is 5.11. The van der Waals surface area contributed by atoms with Gasteiger partial charge in [0.1, 0.15) is 5.54 Å². The molecular formula is C16H30N2O3. The minimum absolute atomic E-state index is 0.0403. The Morgan fingerprint density at radius 2 is 2.05 bits per heavy atom. The molecule has 21 heavy (non-hydrogen) atoms. The summed E-state index contributed by atoms with van der Waals surface area (Å²) >= 11 is 0. The van der Waals surface area contributed by atoms with Gasteiger partial charge in [-0.2, -0.15) is 0 Å². The van der Waals surface area contributed by atoms with Crippen molar-refractivity contribution >= 4 is 5.91 Å². The van der Waals surface area contributed by atoms with Crippen molar-refractivity contribution in [2.24, 2.45) is 17.1 Å². The van der Waals surface area contributed by atoms with E-state index in [1.165, 1.54) is 0 Å². The van der Waals surface area contributed by atoms with E-state index in [-0.39, 0.29) is 29.4 Å². The second-order valence-corrected chi connectivity index (χ2v) is 7.16. The van der Waals surface area contributed by atoms with E-state index in [1.807, 2.05) is 20.8 Å². The molecule has 1 amide bonds. The monoisotopic (exact) mass is 298 g/mol. The number of carbonyl (C=O) groups is 1. The average Bonchev–Trinajstić information content (AvgIpc) is 2.45. The van der Waals surface area contributed by atoms with Gasteiger partial charge in [-0.15, -0.1) is 0 Å². The summed E-state index contributed by atoms with van der Waals surface area (Å²) in [4.78, 5) is 12.5. The molecule has 2 aliphatic rings. The number of nitrogens with two attached hydrogens (primary N) is 1. The van der Waals surface area contributed by atoms with Crippen LogP contribution in [0.2, 0.25) is 0 Å². The summed E-state index contributed by atoms with van der Waals surface area (Å²) in [6.07, 6.45) is 4.33. The Morgan fingerprint density at radius 1 is 1.38 bits per heavy atom. The first-order chi connectivity index (χ1) is 9.83. The predicted octanol–water partition coefficient (Wildman–Crippen LogP) is 1.19. The van der Waals surface area contributed by atoms with E-state index in [9.17, 15) is 9.90 Å². The van der Waals surface area contributed by atoms with Gasteiger partial charge < -0.3 is 20.9 Å². The Kier molecular flexibility index (Phi) is 4.96. The van der Waals surface area contributed by atoms with E-state index in [0.29, 0.717) is 19.6 Å². The number of aliphatic hydroxyl groups is 1. The van der Waals surface area contributed by atoms with Crippen molar-refractivity contribution < 1.29 is 14.6 Å². The molecule has 5 nitrogen and oxygen atoms in total. The zero-order valence-corrected chi connectivity index (χ0v) is 13.5. The Labute approximate surface area is 127 Å². The summed E-state index contributed by atoms with van der Waals surface area (Å²) in [6, 6.07) is 0. The summed E-state index contributed by atoms with van der Waals surface area (Å²) in [7, 11) is 0. The zero-order chi connectivity index (χ0) is 15.7. The molecule has 2 fully saturated rings. The fourth-order valence-electron chi connectivity index (χ4n) is 3.63. The van der Waals surface area contributed by atoms with Gasteiger partial charge in [-0.05, 0) is 19.8 Å². The van der Waals surface area contributed by atoms with Gasteiger partial charge in [-0.25, -0.2) is 0 Å². The number of ether oxygens (including phenoxy) is 1. The number of nitrogens with one attached hydrogen (secondary N) is 1.